The van der Waals surface area contributed by atoms with Gasteiger partial charge in [0.1, 0.15) is 0 Å². The molecule has 5 nitrogen and oxygen atoms in total. The van der Waals surface area contributed by atoms with E-state index in [-0.39, 0.29) is 5.91 Å². The van der Waals surface area contributed by atoms with Crippen LogP contribution in [0, 0.1) is 13.8 Å². The highest BCUT2D eigenvalue weighted by Gasteiger charge is 2.01. The molecular formula is C12H20N4O. The average Bonchev–Trinajstić information content (AvgIpc) is 2.23. The van der Waals surface area contributed by atoms with Gasteiger partial charge in [0, 0.05) is 30.9 Å². The van der Waals surface area contributed by atoms with E-state index in [2.05, 4.69) is 20.6 Å². The minimum atomic E-state index is 0.0932. The van der Waals surface area contributed by atoms with Gasteiger partial charge in [0.2, 0.25) is 11.9 Å². The van der Waals surface area contributed by atoms with Crippen LogP contribution in [-0.2, 0) is 4.79 Å². The zero-order valence-electron chi connectivity index (χ0n) is 10.7. The standard InChI is InChI=1S/C12H20N4O/c1-4-13-11(17)6-5-7-14-12-15-9(2)8-10(3)16-12/h8H,4-7H2,1-3H3,(H,13,17)(H,14,15,16). The monoisotopic (exact) mass is 236 g/mol. The van der Waals surface area contributed by atoms with Gasteiger partial charge in [0.15, 0.2) is 0 Å². The van der Waals surface area contributed by atoms with Crippen molar-refractivity contribution >= 4 is 11.9 Å². The van der Waals surface area contributed by atoms with Gasteiger partial charge < -0.3 is 10.6 Å². The quantitative estimate of drug-likeness (QED) is 0.733. The fourth-order valence-corrected chi connectivity index (χ4v) is 1.54. The Kier molecular flexibility index (Phi) is 5.39. The van der Waals surface area contributed by atoms with E-state index in [0.717, 1.165) is 17.8 Å². The number of nitrogens with one attached hydrogen (secondary N) is 2. The first-order valence-corrected chi connectivity index (χ1v) is 5.94. The molecule has 2 N–H and O–H groups in total. The molecule has 1 aromatic heterocycles. The van der Waals surface area contributed by atoms with E-state index in [1.807, 2.05) is 26.8 Å². The molecule has 0 atom stereocenters. The fourth-order valence-electron chi connectivity index (χ4n) is 1.54. The van der Waals surface area contributed by atoms with Crippen molar-refractivity contribution in [2.45, 2.75) is 33.6 Å². The van der Waals surface area contributed by atoms with Crippen LogP contribution in [-0.4, -0.2) is 29.0 Å². The van der Waals surface area contributed by atoms with Crippen molar-refractivity contribution in [1.29, 1.82) is 0 Å². The van der Waals surface area contributed by atoms with E-state index in [0.29, 0.717) is 25.5 Å². The van der Waals surface area contributed by atoms with Crippen LogP contribution in [0.15, 0.2) is 6.07 Å². The number of hydrogen-bond donors (Lipinski definition) is 2. The molecule has 0 aliphatic carbocycles. The molecular weight excluding hydrogens is 216 g/mol. The first kappa shape index (κ1) is 13.4. The molecule has 1 amide bonds. The molecule has 0 saturated heterocycles. The summed E-state index contributed by atoms with van der Waals surface area (Å²) in [4.78, 5) is 19.7. The largest absolute Gasteiger partial charge is 0.356 e. The van der Waals surface area contributed by atoms with E-state index < -0.39 is 0 Å². The summed E-state index contributed by atoms with van der Waals surface area (Å²) in [6.07, 6.45) is 1.31. The summed E-state index contributed by atoms with van der Waals surface area (Å²) in [7, 11) is 0. The summed E-state index contributed by atoms with van der Waals surface area (Å²) in [5, 5.41) is 5.89. The molecule has 0 radical (unpaired) electrons. The number of carbonyl (C=O) groups is 1. The van der Waals surface area contributed by atoms with Gasteiger partial charge in [-0.2, -0.15) is 0 Å². The molecule has 1 aromatic rings. The Balaban J connectivity index is 2.28. The number of hydrogen-bond acceptors (Lipinski definition) is 4. The Morgan fingerprint density at radius 1 is 1.29 bits per heavy atom. The summed E-state index contributed by atoms with van der Waals surface area (Å²) in [5.74, 6) is 0.731. The van der Waals surface area contributed by atoms with Gasteiger partial charge >= 0.3 is 0 Å². The fraction of sp³-hybridized carbons (Fsp3) is 0.583. The van der Waals surface area contributed by atoms with Crippen LogP contribution in [0.2, 0.25) is 0 Å². The van der Waals surface area contributed by atoms with Crippen molar-refractivity contribution in [1.82, 2.24) is 15.3 Å². The normalized spacial score (nSPS) is 10.1. The van der Waals surface area contributed by atoms with Crippen molar-refractivity contribution < 1.29 is 4.79 Å². The number of aromatic nitrogens is 2. The number of nitrogens with zero attached hydrogens (tertiary/aromatic N) is 2. The van der Waals surface area contributed by atoms with Crippen molar-refractivity contribution in [3.8, 4) is 0 Å². The third-order valence-corrected chi connectivity index (χ3v) is 2.22. The maximum Gasteiger partial charge on any atom is 0.223 e. The molecule has 0 unspecified atom stereocenters. The predicted octanol–water partition coefficient (Wildman–Crippen LogP) is 1.42. The second-order valence-corrected chi connectivity index (χ2v) is 3.96. The zero-order valence-corrected chi connectivity index (χ0v) is 10.7. The number of carbonyl (C=O) groups excluding carboxylic acids is 1. The third-order valence-electron chi connectivity index (χ3n) is 2.22. The molecule has 1 rings (SSSR count). The van der Waals surface area contributed by atoms with E-state index in [4.69, 9.17) is 0 Å². The lowest BCUT2D eigenvalue weighted by Crippen LogP contribution is -2.23. The SMILES string of the molecule is CCNC(=O)CCCNc1nc(C)cc(C)n1. The van der Waals surface area contributed by atoms with Crippen LogP contribution in [0.5, 0.6) is 0 Å². The summed E-state index contributed by atoms with van der Waals surface area (Å²) in [6.45, 7) is 7.19. The van der Waals surface area contributed by atoms with Gasteiger partial charge in [-0.1, -0.05) is 0 Å². The van der Waals surface area contributed by atoms with Gasteiger partial charge in [0.25, 0.3) is 0 Å². The van der Waals surface area contributed by atoms with E-state index in [9.17, 15) is 4.79 Å². The van der Waals surface area contributed by atoms with Gasteiger partial charge in [-0.15, -0.1) is 0 Å². The average molecular weight is 236 g/mol. The molecule has 94 valence electrons. The summed E-state index contributed by atoms with van der Waals surface area (Å²) >= 11 is 0. The minimum Gasteiger partial charge on any atom is -0.356 e. The van der Waals surface area contributed by atoms with Crippen LogP contribution in [0.1, 0.15) is 31.2 Å². The van der Waals surface area contributed by atoms with Crippen LogP contribution in [0.4, 0.5) is 5.95 Å². The topological polar surface area (TPSA) is 66.9 Å². The van der Waals surface area contributed by atoms with Crippen molar-refractivity contribution in [3.63, 3.8) is 0 Å². The van der Waals surface area contributed by atoms with Gasteiger partial charge in [-0.3, -0.25) is 4.79 Å². The van der Waals surface area contributed by atoms with Gasteiger partial charge in [-0.25, -0.2) is 9.97 Å². The Labute approximate surface area is 102 Å². The summed E-state index contributed by atoms with van der Waals surface area (Å²) < 4.78 is 0. The molecule has 0 aliphatic rings. The molecule has 1 heterocycles. The molecule has 0 aliphatic heterocycles. The number of aryl methyl sites for hydroxylation is 2. The molecule has 0 bridgehead atoms. The second-order valence-electron chi connectivity index (χ2n) is 3.96. The van der Waals surface area contributed by atoms with Crippen molar-refractivity contribution in [2.75, 3.05) is 18.4 Å². The number of amides is 1. The molecule has 5 heteroatoms. The highest BCUT2D eigenvalue weighted by Crippen LogP contribution is 2.03. The molecule has 0 aromatic carbocycles. The maximum atomic E-state index is 11.2. The lowest BCUT2D eigenvalue weighted by atomic mass is 10.3. The predicted molar refractivity (Wildman–Crippen MR) is 67.9 cm³/mol. The van der Waals surface area contributed by atoms with Crippen LogP contribution < -0.4 is 10.6 Å². The smallest absolute Gasteiger partial charge is 0.223 e. The molecule has 0 saturated carbocycles. The van der Waals surface area contributed by atoms with E-state index in [1.165, 1.54) is 0 Å². The minimum absolute atomic E-state index is 0.0932. The van der Waals surface area contributed by atoms with Crippen LogP contribution in [0.25, 0.3) is 0 Å². The molecule has 0 fully saturated rings. The lowest BCUT2D eigenvalue weighted by Gasteiger charge is -2.06. The van der Waals surface area contributed by atoms with Crippen molar-refractivity contribution in [2.24, 2.45) is 0 Å². The third kappa shape index (κ3) is 5.29. The highest BCUT2D eigenvalue weighted by atomic mass is 16.1. The van der Waals surface area contributed by atoms with Gasteiger partial charge in [-0.05, 0) is 33.3 Å². The second kappa shape index (κ2) is 6.83. The Bertz CT molecular complexity index is 359. The van der Waals surface area contributed by atoms with Gasteiger partial charge in [0.05, 0.1) is 0 Å². The Hall–Kier alpha value is -1.65. The lowest BCUT2D eigenvalue weighted by molar-refractivity contribution is -0.121. The number of rotatable bonds is 6. The molecule has 0 spiro atoms. The Morgan fingerprint density at radius 2 is 1.94 bits per heavy atom. The summed E-state index contributed by atoms with van der Waals surface area (Å²) in [5.41, 5.74) is 1.90. The zero-order chi connectivity index (χ0) is 12.7. The van der Waals surface area contributed by atoms with Crippen LogP contribution in [0.3, 0.4) is 0 Å². The van der Waals surface area contributed by atoms with E-state index >= 15 is 0 Å². The first-order valence-electron chi connectivity index (χ1n) is 5.94. The Morgan fingerprint density at radius 3 is 2.53 bits per heavy atom. The number of anilines is 1. The summed E-state index contributed by atoms with van der Waals surface area (Å²) in [6, 6.07) is 1.93. The molecule has 17 heavy (non-hydrogen) atoms. The first-order chi connectivity index (χ1) is 8.11. The van der Waals surface area contributed by atoms with Crippen molar-refractivity contribution in [3.05, 3.63) is 17.5 Å². The van der Waals surface area contributed by atoms with E-state index in [1.54, 1.807) is 0 Å². The maximum absolute atomic E-state index is 11.2. The van der Waals surface area contributed by atoms with Crippen LogP contribution >= 0.6 is 0 Å². The highest BCUT2D eigenvalue weighted by molar-refractivity contribution is 5.75.